The fourth-order valence-corrected chi connectivity index (χ4v) is 9.60. The number of likely N-dealkylation sites (N-methyl/N-ethyl adjacent to an activating group) is 2. The number of likely N-dealkylation sites (tertiary alicyclic amines) is 1. The van der Waals surface area contributed by atoms with E-state index in [1.165, 1.54) is 28.7 Å². The topological polar surface area (TPSA) is 169 Å². The molecule has 2 heterocycles. The van der Waals surface area contributed by atoms with Crippen LogP contribution in [0.15, 0.2) is 18.2 Å². The van der Waals surface area contributed by atoms with Crippen molar-refractivity contribution in [3.8, 4) is 0 Å². The number of hydrogen-bond acceptors (Lipinski definition) is 7. The predicted octanol–water partition coefficient (Wildman–Crippen LogP) is 5.66. The Balaban J connectivity index is 1.65. The molecule has 1 aliphatic carbocycles. The van der Waals surface area contributed by atoms with Crippen molar-refractivity contribution in [3.63, 3.8) is 0 Å². The fraction of sp³-hybridized carbons (Fsp3) is 0.711. The molecule has 2 saturated heterocycles. The zero-order chi connectivity index (χ0) is 47.7. The molecule has 1 saturated carbocycles. The highest BCUT2D eigenvalue weighted by molar-refractivity contribution is 6.33. The highest BCUT2D eigenvalue weighted by atomic mass is 35.5. The van der Waals surface area contributed by atoms with Gasteiger partial charge in [-0.05, 0) is 101 Å². The summed E-state index contributed by atoms with van der Waals surface area (Å²) in [6.45, 7) is 8.81. The summed E-state index contributed by atoms with van der Waals surface area (Å²) in [6.07, 6.45) is -2.59. The quantitative estimate of drug-likeness (QED) is 0.258. The third-order valence-corrected chi connectivity index (χ3v) is 13.4. The molecule has 0 bridgehead atoms. The first-order valence-electron chi connectivity index (χ1n) is 22.6. The lowest BCUT2D eigenvalue weighted by Crippen LogP contribution is -2.61. The largest absolute Gasteiger partial charge is 0.403 e. The maximum atomic E-state index is 14.6. The Morgan fingerprint density at radius 1 is 0.906 bits per heavy atom. The van der Waals surface area contributed by atoms with E-state index < -0.39 is 83.3 Å². The lowest BCUT2D eigenvalue weighted by atomic mass is 9.72. The number of halogens is 5. The van der Waals surface area contributed by atoms with Gasteiger partial charge < -0.3 is 35.6 Å². The van der Waals surface area contributed by atoms with E-state index in [2.05, 4.69) is 16.0 Å². The summed E-state index contributed by atoms with van der Waals surface area (Å²) in [5, 5.41) is 8.96. The van der Waals surface area contributed by atoms with Crippen LogP contribution in [0, 0.1) is 11.3 Å². The van der Waals surface area contributed by atoms with Gasteiger partial charge in [-0.15, -0.1) is 0 Å². The van der Waals surface area contributed by atoms with Crippen LogP contribution in [0.4, 0.5) is 13.2 Å². The summed E-state index contributed by atoms with van der Waals surface area (Å²) in [6, 6.07) is -2.20. The average Bonchev–Trinajstić information content (AvgIpc) is 3.74. The van der Waals surface area contributed by atoms with Crippen LogP contribution in [-0.2, 0) is 40.0 Å². The van der Waals surface area contributed by atoms with E-state index in [1.807, 2.05) is 13.8 Å². The number of carbonyl (C=O) groups excluding carboxylic acids is 7. The Morgan fingerprint density at radius 2 is 1.58 bits per heavy atom. The standard InChI is InChI=1S/C45H66Cl2F3N7O7/c1-8-21-56(41(62)29(5)52-37(58)35-16-14-23-57(35)43(64)44(45(48,49)50)19-11-9-12-20-44)34-15-10-13-22-54(6)40(61)28(4)51-39(60)36(26-30-25-31(46)17-18-32(30)47)55(7)42(63)33(24-27(2)3)53-38(34)59/h17-18,25,27-29,33-36H,8-16,19-24,26H2,1-7H3,(H,51,60)(H,52,58)(H,53,59)/t28-,29+,33+,34+,35+,36+/m1/s1. The second-order valence-electron chi connectivity index (χ2n) is 18.2. The minimum absolute atomic E-state index is 0.0216. The van der Waals surface area contributed by atoms with Gasteiger partial charge in [0.05, 0.1) is 0 Å². The zero-order valence-electron chi connectivity index (χ0n) is 38.1. The van der Waals surface area contributed by atoms with Gasteiger partial charge in [0.15, 0.2) is 0 Å². The first kappa shape index (κ1) is 52.5. The van der Waals surface area contributed by atoms with E-state index >= 15 is 0 Å². The highest BCUT2D eigenvalue weighted by Crippen LogP contribution is 2.51. The number of nitrogens with one attached hydrogen (secondary N) is 3. The van der Waals surface area contributed by atoms with Gasteiger partial charge in [0.25, 0.3) is 0 Å². The first-order chi connectivity index (χ1) is 30.0. The first-order valence-corrected chi connectivity index (χ1v) is 23.3. The molecule has 2 aliphatic heterocycles. The van der Waals surface area contributed by atoms with Crippen molar-refractivity contribution in [3.05, 3.63) is 33.8 Å². The lowest BCUT2D eigenvalue weighted by molar-refractivity contribution is -0.236. The van der Waals surface area contributed by atoms with Crippen molar-refractivity contribution < 1.29 is 46.7 Å². The van der Waals surface area contributed by atoms with E-state index in [-0.39, 0.29) is 82.8 Å². The Hall–Kier alpha value is -4.12. The molecule has 3 fully saturated rings. The maximum absolute atomic E-state index is 14.6. The molecule has 0 aromatic heterocycles. The molecule has 0 radical (unpaired) electrons. The van der Waals surface area contributed by atoms with E-state index in [1.54, 1.807) is 39.1 Å². The molecule has 1 aromatic rings. The van der Waals surface area contributed by atoms with Gasteiger partial charge in [-0.3, -0.25) is 33.6 Å². The predicted molar refractivity (Wildman–Crippen MR) is 237 cm³/mol. The molecule has 64 heavy (non-hydrogen) atoms. The van der Waals surface area contributed by atoms with Gasteiger partial charge in [-0.1, -0.05) is 63.2 Å². The highest BCUT2D eigenvalue weighted by Gasteiger charge is 2.62. The molecule has 3 aliphatic rings. The Labute approximate surface area is 385 Å². The Bertz CT molecular complexity index is 1860. The molecule has 4 rings (SSSR count). The van der Waals surface area contributed by atoms with Crippen LogP contribution in [-0.4, -0.2) is 137 Å². The Morgan fingerprint density at radius 3 is 2.20 bits per heavy atom. The van der Waals surface area contributed by atoms with Crippen molar-refractivity contribution in [1.29, 1.82) is 0 Å². The van der Waals surface area contributed by atoms with Crippen LogP contribution in [0.25, 0.3) is 0 Å². The lowest BCUT2D eigenvalue weighted by Gasteiger charge is -2.41. The minimum atomic E-state index is -4.79. The summed E-state index contributed by atoms with van der Waals surface area (Å²) in [4.78, 5) is 104. The molecule has 0 spiro atoms. The van der Waals surface area contributed by atoms with E-state index in [0.29, 0.717) is 47.7 Å². The smallest absolute Gasteiger partial charge is 0.344 e. The molecule has 19 heteroatoms. The SMILES string of the molecule is CCCN(C(=O)[C@H](C)NC(=O)[C@@H]1CCCN1C(=O)C1(C(F)(F)F)CCCCC1)[C@H]1CCCCN(C)C(=O)[C@@H](C)NC(=O)[C@H](Cc2cc(Cl)ccc2Cl)N(C)C(=O)[C@H](CC(C)C)NC1=O. The van der Waals surface area contributed by atoms with Crippen molar-refractivity contribution >= 4 is 64.6 Å². The average molecular weight is 945 g/mol. The molecular weight excluding hydrogens is 878 g/mol. The van der Waals surface area contributed by atoms with Crippen LogP contribution in [0.2, 0.25) is 10.0 Å². The number of hydrogen-bond donors (Lipinski definition) is 3. The molecule has 3 N–H and O–H groups in total. The van der Waals surface area contributed by atoms with E-state index in [0.717, 1.165) is 4.90 Å². The monoisotopic (exact) mass is 943 g/mol. The molecule has 0 unspecified atom stereocenters. The van der Waals surface area contributed by atoms with Gasteiger partial charge in [0, 0.05) is 50.2 Å². The van der Waals surface area contributed by atoms with Crippen molar-refractivity contribution in [1.82, 2.24) is 35.6 Å². The number of alkyl halides is 3. The van der Waals surface area contributed by atoms with Crippen LogP contribution in [0.5, 0.6) is 0 Å². The summed E-state index contributed by atoms with van der Waals surface area (Å²) >= 11 is 12.8. The van der Waals surface area contributed by atoms with Crippen molar-refractivity contribution in [2.24, 2.45) is 11.3 Å². The van der Waals surface area contributed by atoms with E-state index in [9.17, 15) is 46.7 Å². The van der Waals surface area contributed by atoms with Gasteiger partial charge in [-0.25, -0.2) is 0 Å². The molecule has 1 aromatic carbocycles. The number of rotatable bonds is 11. The minimum Gasteiger partial charge on any atom is -0.344 e. The van der Waals surface area contributed by atoms with Gasteiger partial charge in [-0.2, -0.15) is 13.2 Å². The molecular formula is C45H66Cl2F3N7O7. The van der Waals surface area contributed by atoms with Crippen molar-refractivity contribution in [2.75, 3.05) is 33.7 Å². The normalized spacial score (nSPS) is 24.9. The molecule has 7 amide bonds. The van der Waals surface area contributed by atoms with Crippen molar-refractivity contribution in [2.45, 2.75) is 161 Å². The van der Waals surface area contributed by atoms with Crippen LogP contribution in [0.1, 0.15) is 117 Å². The fourth-order valence-electron chi connectivity index (χ4n) is 9.21. The number of nitrogens with zero attached hydrogens (tertiary/aromatic N) is 4. The second kappa shape index (κ2) is 22.9. The summed E-state index contributed by atoms with van der Waals surface area (Å²) in [5.41, 5.74) is -2.09. The van der Waals surface area contributed by atoms with Gasteiger partial charge in [0.2, 0.25) is 41.4 Å². The van der Waals surface area contributed by atoms with E-state index in [4.69, 9.17) is 23.2 Å². The molecule has 14 nitrogen and oxygen atoms in total. The summed E-state index contributed by atoms with van der Waals surface area (Å²) in [7, 11) is 3.01. The molecule has 358 valence electrons. The third-order valence-electron chi connectivity index (χ3n) is 12.8. The van der Waals surface area contributed by atoms with Crippen LogP contribution < -0.4 is 16.0 Å². The third kappa shape index (κ3) is 12.6. The number of carbonyl (C=O) groups is 7. The maximum Gasteiger partial charge on any atom is 0.403 e. The summed E-state index contributed by atoms with van der Waals surface area (Å²) < 4.78 is 43.7. The Kier molecular flexibility index (Phi) is 18.8. The van der Waals surface area contributed by atoms with Gasteiger partial charge >= 0.3 is 6.18 Å². The van der Waals surface area contributed by atoms with Crippen LogP contribution in [0.3, 0.4) is 0 Å². The van der Waals surface area contributed by atoms with Crippen LogP contribution >= 0.6 is 23.2 Å². The molecule has 6 atom stereocenters. The van der Waals surface area contributed by atoms with Gasteiger partial charge in [0.1, 0.15) is 41.7 Å². The number of amides is 7. The second-order valence-corrected chi connectivity index (χ2v) is 19.0. The number of benzene rings is 1. The zero-order valence-corrected chi connectivity index (χ0v) is 39.6. The summed E-state index contributed by atoms with van der Waals surface area (Å²) in [5.74, 6) is -4.89.